The summed E-state index contributed by atoms with van der Waals surface area (Å²) in [5, 5.41) is 8.39. The highest BCUT2D eigenvalue weighted by molar-refractivity contribution is 7.90. The van der Waals surface area contributed by atoms with Gasteiger partial charge in [-0.05, 0) is 13.3 Å². The molecule has 0 amide bonds. The van der Waals surface area contributed by atoms with Crippen LogP contribution < -0.4 is 4.72 Å². The standard InChI is InChI=1S/C9H13N3O2S2/c1-3-8(4-10)16(13,14)12-6-9-11-5-7(2)15-9/h5,8,12H,3,6H2,1-2H3. The lowest BCUT2D eigenvalue weighted by molar-refractivity contribution is 0.572. The molecular formula is C9H13N3O2S2. The predicted octanol–water partition coefficient (Wildman–Crippen LogP) is 1.17. The SMILES string of the molecule is CCC(C#N)S(=O)(=O)NCc1ncc(C)s1. The third kappa shape index (κ3) is 3.27. The Morgan fingerprint density at radius 3 is 2.81 bits per heavy atom. The van der Waals surface area contributed by atoms with Gasteiger partial charge in [-0.25, -0.2) is 18.1 Å². The number of nitrogens with one attached hydrogen (secondary N) is 1. The third-order valence-corrected chi connectivity index (χ3v) is 4.63. The molecule has 1 aromatic rings. The number of hydrogen-bond acceptors (Lipinski definition) is 5. The molecule has 1 heterocycles. The summed E-state index contributed by atoms with van der Waals surface area (Å²) in [5.41, 5.74) is 0. The molecule has 0 bridgehead atoms. The van der Waals surface area contributed by atoms with Crippen molar-refractivity contribution in [2.45, 2.75) is 32.1 Å². The highest BCUT2D eigenvalue weighted by atomic mass is 32.2. The van der Waals surface area contributed by atoms with Gasteiger partial charge in [0.15, 0.2) is 5.25 Å². The first-order valence-electron chi connectivity index (χ1n) is 4.79. The summed E-state index contributed by atoms with van der Waals surface area (Å²) in [6.07, 6.45) is 1.97. The van der Waals surface area contributed by atoms with Gasteiger partial charge in [0, 0.05) is 11.1 Å². The Morgan fingerprint density at radius 2 is 2.38 bits per heavy atom. The molecule has 0 saturated heterocycles. The summed E-state index contributed by atoms with van der Waals surface area (Å²) in [6, 6.07) is 1.77. The van der Waals surface area contributed by atoms with Crippen LogP contribution in [0.5, 0.6) is 0 Å². The third-order valence-electron chi connectivity index (χ3n) is 1.98. The molecule has 7 heteroatoms. The van der Waals surface area contributed by atoms with Gasteiger partial charge >= 0.3 is 0 Å². The first-order chi connectivity index (χ1) is 7.49. The number of aryl methyl sites for hydroxylation is 1. The summed E-state index contributed by atoms with van der Waals surface area (Å²) in [4.78, 5) is 5.07. The largest absolute Gasteiger partial charge is 0.248 e. The van der Waals surface area contributed by atoms with Crippen molar-refractivity contribution in [2.24, 2.45) is 0 Å². The molecule has 1 atom stereocenters. The summed E-state index contributed by atoms with van der Waals surface area (Å²) in [7, 11) is -3.56. The van der Waals surface area contributed by atoms with Crippen LogP contribution in [0.4, 0.5) is 0 Å². The highest BCUT2D eigenvalue weighted by Gasteiger charge is 2.22. The van der Waals surface area contributed by atoms with Crippen LogP contribution in [0.1, 0.15) is 23.2 Å². The molecule has 1 N–H and O–H groups in total. The van der Waals surface area contributed by atoms with Crippen LogP contribution in [0, 0.1) is 18.3 Å². The zero-order valence-electron chi connectivity index (χ0n) is 9.10. The Bertz CT molecular complexity index is 487. The van der Waals surface area contributed by atoms with E-state index in [-0.39, 0.29) is 13.0 Å². The number of sulfonamides is 1. The highest BCUT2D eigenvalue weighted by Crippen LogP contribution is 2.11. The fourth-order valence-corrected chi connectivity index (χ4v) is 3.06. The van der Waals surface area contributed by atoms with Crippen LogP contribution in [-0.2, 0) is 16.6 Å². The number of nitriles is 1. The van der Waals surface area contributed by atoms with E-state index in [1.807, 2.05) is 6.92 Å². The first-order valence-corrected chi connectivity index (χ1v) is 7.15. The molecule has 0 aliphatic rings. The molecule has 0 aliphatic heterocycles. The molecule has 88 valence electrons. The predicted molar refractivity (Wildman–Crippen MR) is 62.3 cm³/mol. The van der Waals surface area contributed by atoms with Gasteiger partial charge in [-0.2, -0.15) is 5.26 Å². The number of nitrogens with zero attached hydrogens (tertiary/aromatic N) is 2. The second-order valence-corrected chi connectivity index (χ2v) is 6.52. The zero-order valence-corrected chi connectivity index (χ0v) is 10.7. The van der Waals surface area contributed by atoms with Gasteiger partial charge in [-0.3, -0.25) is 0 Å². The van der Waals surface area contributed by atoms with Gasteiger partial charge in [0.2, 0.25) is 10.0 Å². The maximum absolute atomic E-state index is 11.6. The Labute approximate surface area is 99.2 Å². The van der Waals surface area contributed by atoms with Crippen molar-refractivity contribution >= 4 is 21.4 Å². The maximum Gasteiger partial charge on any atom is 0.228 e. The van der Waals surface area contributed by atoms with Crippen molar-refractivity contribution in [3.05, 3.63) is 16.1 Å². The Balaban J connectivity index is 2.65. The molecule has 16 heavy (non-hydrogen) atoms. The van der Waals surface area contributed by atoms with Crippen LogP contribution in [0.15, 0.2) is 6.20 Å². The van der Waals surface area contributed by atoms with Crippen molar-refractivity contribution in [1.29, 1.82) is 5.26 Å². The molecule has 0 aliphatic carbocycles. The van der Waals surface area contributed by atoms with E-state index in [4.69, 9.17) is 5.26 Å². The minimum Gasteiger partial charge on any atom is -0.248 e. The van der Waals surface area contributed by atoms with Gasteiger partial charge in [-0.1, -0.05) is 6.92 Å². The lowest BCUT2D eigenvalue weighted by Gasteiger charge is -2.08. The van der Waals surface area contributed by atoms with Crippen molar-refractivity contribution in [1.82, 2.24) is 9.71 Å². The summed E-state index contributed by atoms with van der Waals surface area (Å²) >= 11 is 1.43. The van der Waals surface area contributed by atoms with E-state index in [0.29, 0.717) is 5.01 Å². The molecular weight excluding hydrogens is 246 g/mol. The Morgan fingerprint density at radius 1 is 1.69 bits per heavy atom. The summed E-state index contributed by atoms with van der Waals surface area (Å²) < 4.78 is 25.6. The minimum atomic E-state index is -3.56. The van der Waals surface area contributed by atoms with Gasteiger partial charge in [-0.15, -0.1) is 11.3 Å². The van der Waals surface area contributed by atoms with Crippen molar-refractivity contribution < 1.29 is 8.42 Å². The molecule has 5 nitrogen and oxygen atoms in total. The van der Waals surface area contributed by atoms with E-state index in [2.05, 4.69) is 9.71 Å². The molecule has 1 aromatic heterocycles. The lowest BCUT2D eigenvalue weighted by atomic mass is 10.4. The average Bonchev–Trinajstić information content (AvgIpc) is 2.63. The second kappa shape index (κ2) is 5.39. The fourth-order valence-electron chi connectivity index (χ4n) is 1.13. The molecule has 0 saturated carbocycles. The monoisotopic (exact) mass is 259 g/mol. The Hall–Kier alpha value is -0.970. The maximum atomic E-state index is 11.6. The van der Waals surface area contributed by atoms with Crippen LogP contribution in [0.25, 0.3) is 0 Å². The van der Waals surface area contributed by atoms with Crippen LogP contribution in [-0.4, -0.2) is 18.7 Å². The van der Waals surface area contributed by atoms with Crippen LogP contribution in [0.3, 0.4) is 0 Å². The van der Waals surface area contributed by atoms with Crippen LogP contribution >= 0.6 is 11.3 Å². The zero-order chi connectivity index (χ0) is 12.2. The number of rotatable bonds is 5. The normalized spacial score (nSPS) is 13.3. The van der Waals surface area contributed by atoms with Crippen molar-refractivity contribution in [3.63, 3.8) is 0 Å². The van der Waals surface area contributed by atoms with E-state index in [9.17, 15) is 8.42 Å². The Kier molecular flexibility index (Phi) is 4.41. The number of aromatic nitrogens is 1. The summed E-state index contributed by atoms with van der Waals surface area (Å²) in [5.74, 6) is 0. The minimum absolute atomic E-state index is 0.152. The molecule has 0 radical (unpaired) electrons. The smallest absolute Gasteiger partial charge is 0.228 e. The van der Waals surface area contributed by atoms with Crippen molar-refractivity contribution in [3.8, 4) is 6.07 Å². The van der Waals surface area contributed by atoms with E-state index >= 15 is 0 Å². The van der Waals surface area contributed by atoms with Crippen molar-refractivity contribution in [2.75, 3.05) is 0 Å². The van der Waals surface area contributed by atoms with Gasteiger partial charge < -0.3 is 0 Å². The molecule has 1 rings (SSSR count). The number of thiazole rings is 1. The van der Waals surface area contributed by atoms with E-state index < -0.39 is 15.3 Å². The molecule has 0 fully saturated rings. The molecule has 0 spiro atoms. The van der Waals surface area contributed by atoms with Gasteiger partial charge in [0.1, 0.15) is 5.01 Å². The topological polar surface area (TPSA) is 82.8 Å². The average molecular weight is 259 g/mol. The molecule has 1 unspecified atom stereocenters. The number of hydrogen-bond donors (Lipinski definition) is 1. The summed E-state index contributed by atoms with van der Waals surface area (Å²) in [6.45, 7) is 3.72. The van der Waals surface area contributed by atoms with Crippen LogP contribution in [0.2, 0.25) is 0 Å². The van der Waals surface area contributed by atoms with E-state index in [1.54, 1.807) is 19.2 Å². The van der Waals surface area contributed by atoms with Gasteiger partial charge in [0.05, 0.1) is 12.6 Å². The quantitative estimate of drug-likeness (QED) is 0.860. The van der Waals surface area contributed by atoms with E-state index in [1.165, 1.54) is 11.3 Å². The fraction of sp³-hybridized carbons (Fsp3) is 0.556. The lowest BCUT2D eigenvalue weighted by Crippen LogP contribution is -2.32. The van der Waals surface area contributed by atoms with Gasteiger partial charge in [0.25, 0.3) is 0 Å². The van der Waals surface area contributed by atoms with E-state index in [0.717, 1.165) is 4.88 Å². The second-order valence-electron chi connectivity index (χ2n) is 3.26. The molecule has 0 aromatic carbocycles. The first kappa shape index (κ1) is 13.1.